The Balaban J connectivity index is 1.53. The lowest BCUT2D eigenvalue weighted by molar-refractivity contribution is -0.134. The molecule has 2 heterocycles. The van der Waals surface area contributed by atoms with Gasteiger partial charge in [-0.05, 0) is 43.5 Å². The molecule has 1 fully saturated rings. The van der Waals surface area contributed by atoms with E-state index < -0.39 is 0 Å². The number of ether oxygens (including phenoxy) is 1. The molecule has 0 radical (unpaired) electrons. The van der Waals surface area contributed by atoms with E-state index in [0.717, 1.165) is 36.3 Å². The van der Waals surface area contributed by atoms with Crippen LogP contribution in [0.3, 0.4) is 0 Å². The monoisotopic (exact) mass is 338 g/mol. The molecule has 1 aliphatic heterocycles. The molecule has 1 atom stereocenters. The third-order valence-electron chi connectivity index (χ3n) is 4.49. The minimum absolute atomic E-state index is 0.00180. The smallest absolute Gasteiger partial charge is 0.260 e. The first-order valence-corrected chi connectivity index (χ1v) is 8.54. The van der Waals surface area contributed by atoms with Gasteiger partial charge < -0.3 is 9.64 Å². The van der Waals surface area contributed by atoms with E-state index in [0.29, 0.717) is 18.7 Å². The molecule has 25 heavy (non-hydrogen) atoms. The van der Waals surface area contributed by atoms with Gasteiger partial charge in [0.05, 0.1) is 18.2 Å². The van der Waals surface area contributed by atoms with E-state index >= 15 is 0 Å². The molecule has 6 heteroatoms. The Morgan fingerprint density at radius 2 is 2.24 bits per heavy atom. The second-order valence-electron chi connectivity index (χ2n) is 6.42. The molecule has 0 bridgehead atoms. The number of carbonyl (C=O) groups excluding carboxylic acids is 1. The van der Waals surface area contributed by atoms with Crippen LogP contribution in [-0.2, 0) is 11.2 Å². The van der Waals surface area contributed by atoms with Gasteiger partial charge in [-0.15, -0.1) is 0 Å². The van der Waals surface area contributed by atoms with Crippen molar-refractivity contribution in [1.29, 1.82) is 5.26 Å². The quantitative estimate of drug-likeness (QED) is 0.908. The highest BCUT2D eigenvalue weighted by molar-refractivity contribution is 5.78. The Morgan fingerprint density at radius 3 is 2.92 bits per heavy atom. The molecule has 130 valence electrons. The largest absolute Gasteiger partial charge is 0.484 e. The summed E-state index contributed by atoms with van der Waals surface area (Å²) in [5.41, 5.74) is 3.01. The van der Waals surface area contributed by atoms with Crippen molar-refractivity contribution in [3.8, 4) is 11.8 Å². The van der Waals surface area contributed by atoms with Crippen molar-refractivity contribution in [2.45, 2.75) is 32.1 Å². The maximum absolute atomic E-state index is 12.5. The molecule has 1 amide bonds. The average Bonchev–Trinajstić information content (AvgIpc) is 3.08. The number of H-pyrrole nitrogens is 1. The number of aryl methyl sites for hydroxylation is 1. The first-order chi connectivity index (χ1) is 12.2. The van der Waals surface area contributed by atoms with Crippen molar-refractivity contribution >= 4 is 5.91 Å². The van der Waals surface area contributed by atoms with E-state index in [-0.39, 0.29) is 18.4 Å². The molecular weight excluding hydrogens is 316 g/mol. The van der Waals surface area contributed by atoms with Gasteiger partial charge in [-0.2, -0.15) is 10.4 Å². The third kappa shape index (κ3) is 4.38. The van der Waals surface area contributed by atoms with Gasteiger partial charge in [0.15, 0.2) is 6.61 Å². The van der Waals surface area contributed by atoms with Crippen LogP contribution in [0.4, 0.5) is 0 Å². The molecule has 2 aromatic rings. The molecule has 0 aliphatic carbocycles. The Labute approximate surface area is 147 Å². The van der Waals surface area contributed by atoms with Gasteiger partial charge >= 0.3 is 0 Å². The van der Waals surface area contributed by atoms with Crippen LogP contribution in [0.25, 0.3) is 0 Å². The van der Waals surface area contributed by atoms with Gasteiger partial charge in [0, 0.05) is 24.7 Å². The zero-order chi connectivity index (χ0) is 17.6. The van der Waals surface area contributed by atoms with Crippen LogP contribution in [0.5, 0.6) is 5.75 Å². The van der Waals surface area contributed by atoms with E-state index in [2.05, 4.69) is 22.3 Å². The number of amides is 1. The number of carbonyl (C=O) groups is 1. The maximum atomic E-state index is 12.5. The van der Waals surface area contributed by atoms with Crippen molar-refractivity contribution in [1.82, 2.24) is 15.1 Å². The van der Waals surface area contributed by atoms with Crippen molar-refractivity contribution in [2.24, 2.45) is 0 Å². The molecule has 3 rings (SSSR count). The Morgan fingerprint density at radius 1 is 1.44 bits per heavy atom. The average molecular weight is 338 g/mol. The highest BCUT2D eigenvalue weighted by atomic mass is 16.5. The lowest BCUT2D eigenvalue weighted by Crippen LogP contribution is -2.41. The van der Waals surface area contributed by atoms with Crippen LogP contribution in [-0.4, -0.2) is 40.7 Å². The number of aromatic nitrogens is 2. The summed E-state index contributed by atoms with van der Waals surface area (Å²) in [7, 11) is 0. The summed E-state index contributed by atoms with van der Waals surface area (Å²) >= 11 is 0. The first kappa shape index (κ1) is 17.0. The van der Waals surface area contributed by atoms with E-state index in [1.165, 1.54) is 0 Å². The minimum atomic E-state index is -0.00180. The molecule has 1 aliphatic rings. The number of nitrogens with one attached hydrogen (secondary N) is 1. The predicted molar refractivity (Wildman–Crippen MR) is 93.1 cm³/mol. The van der Waals surface area contributed by atoms with Gasteiger partial charge in [0.2, 0.25) is 0 Å². The van der Waals surface area contributed by atoms with Gasteiger partial charge in [-0.3, -0.25) is 9.89 Å². The topological polar surface area (TPSA) is 82.0 Å². The molecule has 1 aromatic heterocycles. The molecule has 1 N–H and O–H groups in total. The van der Waals surface area contributed by atoms with Crippen LogP contribution in [0.2, 0.25) is 0 Å². The van der Waals surface area contributed by atoms with Crippen LogP contribution in [0, 0.1) is 18.3 Å². The third-order valence-corrected chi connectivity index (χ3v) is 4.49. The number of hydrogen-bond acceptors (Lipinski definition) is 4. The number of piperidine rings is 1. The van der Waals surface area contributed by atoms with Crippen LogP contribution in [0.1, 0.15) is 35.7 Å². The summed E-state index contributed by atoms with van der Waals surface area (Å²) in [6, 6.07) is 11.4. The summed E-state index contributed by atoms with van der Waals surface area (Å²) in [6.45, 7) is 3.47. The maximum Gasteiger partial charge on any atom is 0.260 e. The SMILES string of the molecule is Cc1cc([C@H]2CCCN(C(=O)COc3ccc(CC#N)cc3)C2)n[nH]1. The fraction of sp³-hybridized carbons (Fsp3) is 0.421. The lowest BCUT2D eigenvalue weighted by atomic mass is 9.94. The zero-order valence-corrected chi connectivity index (χ0v) is 14.4. The number of aromatic amines is 1. The van der Waals surface area contributed by atoms with Crippen LogP contribution >= 0.6 is 0 Å². The predicted octanol–water partition coefficient (Wildman–Crippen LogP) is 2.57. The lowest BCUT2D eigenvalue weighted by Gasteiger charge is -2.31. The molecule has 0 spiro atoms. The molecule has 6 nitrogen and oxygen atoms in total. The van der Waals surface area contributed by atoms with E-state index in [9.17, 15) is 4.79 Å². The van der Waals surface area contributed by atoms with Crippen LogP contribution in [0.15, 0.2) is 30.3 Å². The summed E-state index contributed by atoms with van der Waals surface area (Å²) in [6.07, 6.45) is 2.40. The number of likely N-dealkylation sites (tertiary alicyclic amines) is 1. The van der Waals surface area contributed by atoms with Gasteiger partial charge in [0.1, 0.15) is 5.75 Å². The Kier molecular flexibility index (Phi) is 5.34. The van der Waals surface area contributed by atoms with Crippen molar-refractivity contribution < 1.29 is 9.53 Å². The highest BCUT2D eigenvalue weighted by Gasteiger charge is 2.26. The van der Waals surface area contributed by atoms with E-state index in [4.69, 9.17) is 10.00 Å². The number of rotatable bonds is 5. The summed E-state index contributed by atoms with van der Waals surface area (Å²) < 4.78 is 5.60. The number of benzene rings is 1. The Bertz CT molecular complexity index is 760. The highest BCUT2D eigenvalue weighted by Crippen LogP contribution is 2.26. The second-order valence-corrected chi connectivity index (χ2v) is 6.42. The van der Waals surface area contributed by atoms with Gasteiger partial charge in [-0.25, -0.2) is 0 Å². The van der Waals surface area contributed by atoms with Crippen molar-refractivity contribution in [2.75, 3.05) is 19.7 Å². The van der Waals surface area contributed by atoms with Crippen LogP contribution < -0.4 is 4.74 Å². The summed E-state index contributed by atoms with van der Waals surface area (Å²) in [5, 5.41) is 16.0. The minimum Gasteiger partial charge on any atom is -0.484 e. The fourth-order valence-electron chi connectivity index (χ4n) is 3.12. The standard InChI is InChI=1S/C19H22N4O2/c1-14-11-18(22-21-14)16-3-2-10-23(12-16)19(24)13-25-17-6-4-15(5-7-17)8-9-20/h4-7,11,16H,2-3,8,10,12-13H2,1H3,(H,21,22)/t16-/m0/s1. The summed E-state index contributed by atoms with van der Waals surface area (Å²) in [5.74, 6) is 0.928. The number of nitrogens with zero attached hydrogens (tertiary/aromatic N) is 3. The number of nitriles is 1. The van der Waals surface area contributed by atoms with E-state index in [1.54, 1.807) is 12.1 Å². The molecule has 0 unspecified atom stereocenters. The molecular formula is C19H22N4O2. The molecule has 1 saturated heterocycles. The van der Waals surface area contributed by atoms with E-state index in [1.807, 2.05) is 24.0 Å². The molecule has 0 saturated carbocycles. The molecule has 1 aromatic carbocycles. The normalized spacial score (nSPS) is 17.1. The van der Waals surface area contributed by atoms with Crippen molar-refractivity contribution in [3.05, 3.63) is 47.3 Å². The van der Waals surface area contributed by atoms with Gasteiger partial charge in [-0.1, -0.05) is 12.1 Å². The number of hydrogen-bond donors (Lipinski definition) is 1. The summed E-state index contributed by atoms with van der Waals surface area (Å²) in [4.78, 5) is 14.3. The first-order valence-electron chi connectivity index (χ1n) is 8.54. The van der Waals surface area contributed by atoms with Gasteiger partial charge in [0.25, 0.3) is 5.91 Å². The zero-order valence-electron chi connectivity index (χ0n) is 14.4. The van der Waals surface area contributed by atoms with Crippen molar-refractivity contribution in [3.63, 3.8) is 0 Å². The second kappa shape index (κ2) is 7.84. The Hall–Kier alpha value is -2.81. The fourth-order valence-corrected chi connectivity index (χ4v) is 3.12.